The number of carboxylic acid groups (broad SMARTS) is 1. The number of nitrogens with zero attached hydrogens (tertiary/aromatic N) is 2. The fourth-order valence-electron chi connectivity index (χ4n) is 2.97. The van der Waals surface area contributed by atoms with Crippen LogP contribution in [0.15, 0.2) is 30.5 Å². The summed E-state index contributed by atoms with van der Waals surface area (Å²) in [5, 5.41) is 13.7. The molecule has 1 N–H and O–H groups in total. The van der Waals surface area contributed by atoms with Gasteiger partial charge in [0.05, 0.1) is 26.0 Å². The number of hydrogen-bond acceptors (Lipinski definition) is 4. The lowest BCUT2D eigenvalue weighted by molar-refractivity contribution is 0.0676. The zero-order valence-corrected chi connectivity index (χ0v) is 13.1. The first-order valence-corrected chi connectivity index (χ1v) is 7.76. The molecule has 0 atom stereocenters. The van der Waals surface area contributed by atoms with Crippen LogP contribution in [0, 0.1) is 0 Å². The summed E-state index contributed by atoms with van der Waals surface area (Å²) in [5.41, 5.74) is 0.954. The molecule has 2 aromatic rings. The van der Waals surface area contributed by atoms with Crippen LogP contribution in [0.3, 0.4) is 0 Å². The highest BCUT2D eigenvalue weighted by atomic mass is 16.5. The van der Waals surface area contributed by atoms with Crippen LogP contribution in [0.25, 0.3) is 0 Å². The van der Waals surface area contributed by atoms with E-state index in [4.69, 9.17) is 9.47 Å². The van der Waals surface area contributed by atoms with Crippen molar-refractivity contribution in [2.45, 2.75) is 38.3 Å². The van der Waals surface area contributed by atoms with Crippen LogP contribution >= 0.6 is 0 Å². The predicted molar refractivity (Wildman–Crippen MR) is 84.2 cm³/mol. The van der Waals surface area contributed by atoms with Gasteiger partial charge in [0, 0.05) is 5.56 Å². The monoisotopic (exact) mass is 316 g/mol. The lowest BCUT2D eigenvalue weighted by Gasteiger charge is -2.13. The van der Waals surface area contributed by atoms with Gasteiger partial charge >= 0.3 is 5.97 Å². The number of para-hydroxylation sites is 1. The summed E-state index contributed by atoms with van der Waals surface area (Å²) in [7, 11) is 1.59. The summed E-state index contributed by atoms with van der Waals surface area (Å²) in [6.45, 7) is 0.319. The summed E-state index contributed by atoms with van der Waals surface area (Å²) in [6.07, 6.45) is 5.78. The Morgan fingerprint density at radius 2 is 2.04 bits per heavy atom. The molecule has 1 aromatic carbocycles. The average Bonchev–Trinajstić information content (AvgIpc) is 3.18. The largest absolute Gasteiger partial charge is 0.496 e. The lowest BCUT2D eigenvalue weighted by atomic mass is 10.2. The lowest BCUT2D eigenvalue weighted by Crippen LogP contribution is -2.16. The second-order valence-corrected chi connectivity index (χ2v) is 5.66. The average molecular weight is 316 g/mol. The second-order valence-electron chi connectivity index (χ2n) is 5.66. The van der Waals surface area contributed by atoms with Gasteiger partial charge in [-0.1, -0.05) is 18.2 Å². The highest BCUT2D eigenvalue weighted by molar-refractivity contribution is 5.88. The minimum Gasteiger partial charge on any atom is -0.496 e. The van der Waals surface area contributed by atoms with Gasteiger partial charge in [-0.2, -0.15) is 5.10 Å². The first kappa shape index (κ1) is 15.4. The van der Waals surface area contributed by atoms with E-state index in [9.17, 15) is 9.90 Å². The number of carbonyl (C=O) groups is 1. The van der Waals surface area contributed by atoms with Crippen LogP contribution in [-0.2, 0) is 6.54 Å². The molecule has 0 bridgehead atoms. The minimum absolute atomic E-state index is 0.0859. The molecule has 6 nitrogen and oxygen atoms in total. The molecule has 0 saturated heterocycles. The van der Waals surface area contributed by atoms with Gasteiger partial charge in [-0.3, -0.25) is 4.68 Å². The van der Waals surface area contributed by atoms with Crippen molar-refractivity contribution in [3.63, 3.8) is 0 Å². The number of aromatic carboxylic acids is 1. The molecule has 23 heavy (non-hydrogen) atoms. The summed E-state index contributed by atoms with van der Waals surface area (Å²) in [4.78, 5) is 11.7. The number of hydrogen-bond donors (Lipinski definition) is 1. The number of benzene rings is 1. The maximum absolute atomic E-state index is 11.7. The van der Waals surface area contributed by atoms with Gasteiger partial charge in [0.1, 0.15) is 5.75 Å². The molecule has 1 aliphatic rings. The Balaban J connectivity index is 1.87. The van der Waals surface area contributed by atoms with Crippen LogP contribution in [0.2, 0.25) is 0 Å². The fourth-order valence-corrected chi connectivity index (χ4v) is 2.97. The highest BCUT2D eigenvalue weighted by Crippen LogP contribution is 2.28. The standard InChI is InChI=1S/C17H20N2O4/c1-22-14-9-5-2-6-12(14)11-19-16(17(20)21)15(10-18-19)23-13-7-3-4-8-13/h2,5-6,9-10,13H,3-4,7-8,11H2,1H3,(H,20,21). The van der Waals surface area contributed by atoms with Crippen molar-refractivity contribution in [2.24, 2.45) is 0 Å². The molecule has 3 rings (SSSR count). The maximum Gasteiger partial charge on any atom is 0.358 e. The summed E-state index contributed by atoms with van der Waals surface area (Å²) >= 11 is 0. The number of rotatable bonds is 6. The van der Waals surface area contributed by atoms with E-state index in [1.807, 2.05) is 24.3 Å². The molecular weight excluding hydrogens is 296 g/mol. The van der Waals surface area contributed by atoms with Gasteiger partial charge in [0.15, 0.2) is 11.4 Å². The summed E-state index contributed by atoms with van der Waals surface area (Å²) in [6, 6.07) is 7.49. The summed E-state index contributed by atoms with van der Waals surface area (Å²) < 4.78 is 12.6. The van der Waals surface area contributed by atoms with Gasteiger partial charge in [-0.25, -0.2) is 4.79 Å². The zero-order valence-electron chi connectivity index (χ0n) is 13.1. The smallest absolute Gasteiger partial charge is 0.358 e. The number of ether oxygens (including phenoxy) is 2. The van der Waals surface area contributed by atoms with Crippen LogP contribution in [0.5, 0.6) is 11.5 Å². The number of methoxy groups -OCH3 is 1. The quantitative estimate of drug-likeness (QED) is 0.887. The first-order valence-electron chi connectivity index (χ1n) is 7.76. The predicted octanol–water partition coefficient (Wildman–Crippen LogP) is 2.96. The van der Waals surface area contributed by atoms with Crippen molar-refractivity contribution in [1.82, 2.24) is 9.78 Å². The molecule has 1 saturated carbocycles. The molecule has 0 spiro atoms. The molecular formula is C17H20N2O4. The van der Waals surface area contributed by atoms with Gasteiger partial charge < -0.3 is 14.6 Å². The van der Waals surface area contributed by atoms with E-state index in [0.29, 0.717) is 18.0 Å². The van der Waals surface area contributed by atoms with Gasteiger partial charge in [-0.15, -0.1) is 0 Å². The fraction of sp³-hybridized carbons (Fsp3) is 0.412. The zero-order chi connectivity index (χ0) is 16.2. The van der Waals surface area contributed by atoms with E-state index in [1.54, 1.807) is 7.11 Å². The molecule has 6 heteroatoms. The van der Waals surface area contributed by atoms with Crippen molar-refractivity contribution in [3.8, 4) is 11.5 Å². The Bertz CT molecular complexity index is 690. The van der Waals surface area contributed by atoms with E-state index in [1.165, 1.54) is 10.9 Å². The Morgan fingerprint density at radius 3 is 2.74 bits per heavy atom. The molecule has 0 unspecified atom stereocenters. The van der Waals surface area contributed by atoms with Gasteiger partial charge in [0.25, 0.3) is 0 Å². The van der Waals surface area contributed by atoms with E-state index >= 15 is 0 Å². The second kappa shape index (κ2) is 6.73. The van der Waals surface area contributed by atoms with Crippen LogP contribution in [-0.4, -0.2) is 34.1 Å². The van der Waals surface area contributed by atoms with E-state index in [-0.39, 0.29) is 11.8 Å². The molecule has 0 amide bonds. The molecule has 0 radical (unpaired) electrons. The topological polar surface area (TPSA) is 73.6 Å². The van der Waals surface area contributed by atoms with Gasteiger partial charge in [-0.05, 0) is 31.7 Å². The van der Waals surface area contributed by atoms with Crippen LogP contribution in [0.4, 0.5) is 0 Å². The SMILES string of the molecule is COc1ccccc1Cn1ncc(OC2CCCC2)c1C(=O)O. The van der Waals surface area contributed by atoms with E-state index in [0.717, 1.165) is 31.2 Å². The van der Waals surface area contributed by atoms with Crippen molar-refractivity contribution in [1.29, 1.82) is 0 Å². The van der Waals surface area contributed by atoms with Crippen LogP contribution < -0.4 is 9.47 Å². The van der Waals surface area contributed by atoms with Crippen molar-refractivity contribution in [2.75, 3.05) is 7.11 Å². The van der Waals surface area contributed by atoms with Crippen LogP contribution in [0.1, 0.15) is 41.7 Å². The first-order chi connectivity index (χ1) is 11.2. The molecule has 0 aliphatic heterocycles. The van der Waals surface area contributed by atoms with Gasteiger partial charge in [0.2, 0.25) is 0 Å². The number of aromatic nitrogens is 2. The minimum atomic E-state index is -1.04. The van der Waals surface area contributed by atoms with Crippen molar-refractivity contribution < 1.29 is 19.4 Å². The van der Waals surface area contributed by atoms with E-state index < -0.39 is 5.97 Å². The molecule has 1 heterocycles. The third-order valence-electron chi connectivity index (χ3n) is 4.12. The molecule has 1 aromatic heterocycles. The third-order valence-corrected chi connectivity index (χ3v) is 4.12. The van der Waals surface area contributed by atoms with Crippen molar-refractivity contribution in [3.05, 3.63) is 41.7 Å². The molecule has 1 fully saturated rings. The Kier molecular flexibility index (Phi) is 4.50. The van der Waals surface area contributed by atoms with Crippen molar-refractivity contribution >= 4 is 5.97 Å². The number of carboxylic acids is 1. The normalized spacial score (nSPS) is 14.8. The maximum atomic E-state index is 11.7. The Morgan fingerprint density at radius 1 is 1.30 bits per heavy atom. The summed E-state index contributed by atoms with van der Waals surface area (Å²) in [5.74, 6) is 0.0160. The molecule has 1 aliphatic carbocycles. The molecule has 122 valence electrons. The Labute approximate surface area is 134 Å². The third kappa shape index (κ3) is 3.31. The van der Waals surface area contributed by atoms with E-state index in [2.05, 4.69) is 5.10 Å². The Hall–Kier alpha value is -2.50. The highest BCUT2D eigenvalue weighted by Gasteiger charge is 2.24.